The summed E-state index contributed by atoms with van der Waals surface area (Å²) >= 11 is 0. The van der Waals surface area contributed by atoms with Crippen LogP contribution in [-0.4, -0.2) is 43.9 Å². The first kappa shape index (κ1) is 34.2. The molecule has 0 atom stereocenters. The first-order chi connectivity index (χ1) is 17.3. The van der Waals surface area contributed by atoms with Gasteiger partial charge in [0.25, 0.3) is 0 Å². The van der Waals surface area contributed by atoms with E-state index in [9.17, 15) is 24.6 Å². The summed E-state index contributed by atoms with van der Waals surface area (Å²) < 4.78 is 0. The Bertz CT molecular complexity index is 1120. The minimum atomic E-state index is -1.20. The van der Waals surface area contributed by atoms with E-state index in [1.807, 2.05) is 36.4 Å². The molecule has 0 N–H and O–H groups in total. The van der Waals surface area contributed by atoms with Gasteiger partial charge in [-0.3, -0.25) is 4.79 Å². The summed E-state index contributed by atoms with van der Waals surface area (Å²) in [6.07, 6.45) is 4.79. The van der Waals surface area contributed by atoms with Crippen LogP contribution in [0.1, 0.15) is 50.7 Å². The summed E-state index contributed by atoms with van der Waals surface area (Å²) in [4.78, 5) is 38.6. The Hall–Kier alpha value is -1.87. The molecule has 3 rings (SSSR count). The summed E-state index contributed by atoms with van der Waals surface area (Å²) in [6.45, 7) is 6.42. The summed E-state index contributed by atoms with van der Waals surface area (Å²) in [7, 11) is 0. The molecule has 1 fully saturated rings. The van der Waals surface area contributed by atoms with Gasteiger partial charge in [0.1, 0.15) is 0 Å². The number of hydrogen-bond donors (Lipinski definition) is 0. The van der Waals surface area contributed by atoms with Gasteiger partial charge < -0.3 is 29.6 Å². The quantitative estimate of drug-likeness (QED) is 0.205. The van der Waals surface area contributed by atoms with Crippen molar-refractivity contribution in [2.24, 2.45) is 0 Å². The molecule has 0 aliphatic heterocycles. The molecule has 0 unspecified atom stereocenters. The summed E-state index contributed by atoms with van der Waals surface area (Å²) in [5.41, 5.74) is 5.27. The third-order valence-corrected chi connectivity index (χ3v) is 6.38. The molecule has 0 spiro atoms. The number of carboxylic acids is 2. The molecular formula is C29H32N2Na2O5. The molecule has 190 valence electrons. The van der Waals surface area contributed by atoms with E-state index >= 15 is 0 Å². The van der Waals surface area contributed by atoms with Crippen molar-refractivity contribution >= 4 is 41.2 Å². The molecule has 0 amide bonds. The Balaban J connectivity index is 0.00000361. The van der Waals surface area contributed by atoms with Crippen molar-refractivity contribution in [2.75, 3.05) is 36.0 Å². The van der Waals surface area contributed by atoms with Crippen LogP contribution in [0.3, 0.4) is 0 Å². The van der Waals surface area contributed by atoms with Crippen molar-refractivity contribution in [2.45, 2.75) is 39.5 Å². The number of carboxylic acid groups (broad SMARTS) is 2. The van der Waals surface area contributed by atoms with E-state index in [1.165, 1.54) is 5.69 Å². The van der Waals surface area contributed by atoms with Crippen LogP contribution in [0.15, 0.2) is 59.7 Å². The van der Waals surface area contributed by atoms with Crippen molar-refractivity contribution in [1.82, 2.24) is 0 Å². The maximum Gasteiger partial charge on any atom is 1.00 e. The van der Waals surface area contributed by atoms with Crippen molar-refractivity contribution in [3.8, 4) is 0 Å². The second-order valence-electron chi connectivity index (χ2n) is 8.75. The number of nitrogens with zero attached hydrogens (tertiary/aromatic N) is 2. The normalized spacial score (nSPS) is 14.6. The van der Waals surface area contributed by atoms with Crippen LogP contribution < -0.4 is 79.1 Å². The van der Waals surface area contributed by atoms with Gasteiger partial charge in [0, 0.05) is 73.5 Å². The van der Waals surface area contributed by atoms with Gasteiger partial charge in [0.2, 0.25) is 0 Å². The molecule has 0 bridgehead atoms. The molecule has 1 aliphatic rings. The first-order valence-corrected chi connectivity index (χ1v) is 12.4. The largest absolute Gasteiger partial charge is 1.00 e. The van der Waals surface area contributed by atoms with Crippen LogP contribution in [0.25, 0.3) is 12.2 Å². The van der Waals surface area contributed by atoms with Crippen LogP contribution in [0.2, 0.25) is 0 Å². The Morgan fingerprint density at radius 3 is 1.42 bits per heavy atom. The second-order valence-corrected chi connectivity index (χ2v) is 8.75. The smallest absolute Gasteiger partial charge is 0.550 e. The van der Waals surface area contributed by atoms with Crippen LogP contribution >= 0.6 is 0 Å². The molecule has 0 saturated heterocycles. The number of rotatable bonds is 12. The van der Waals surface area contributed by atoms with Crippen LogP contribution in [-0.2, 0) is 14.4 Å². The van der Waals surface area contributed by atoms with E-state index in [-0.39, 0.29) is 90.8 Å². The number of allylic oxidation sites excluding steroid dienone is 2. The SMILES string of the molecule is CCN(CC)c1ccc(/C=C2\CC/C(=C\c3ccc(N(CCC(=O)[O-])CCC(=O)[O-])cc3)C2=O)cc1.[Na+].[Na+]. The standard InChI is InChI=1S/C29H34N2O5.2Na/c1-3-30(4-2)25-11-5-21(6-12-25)19-23-9-10-24(29(23)36)20-22-7-13-26(14-8-22)31(17-15-27(32)33)18-16-28(34)35;;/h5-8,11-14,19-20H,3-4,9-10,15-18H2,1-2H3,(H,32,33)(H,34,35);;/q;2*+1/p-2/b23-19+,24-20+;;. The summed E-state index contributed by atoms with van der Waals surface area (Å²) in [5, 5.41) is 21.7. The molecule has 2 aromatic carbocycles. The average molecular weight is 535 g/mol. The van der Waals surface area contributed by atoms with Crippen molar-refractivity contribution in [3.63, 3.8) is 0 Å². The molecule has 9 heteroatoms. The molecule has 2 aromatic rings. The van der Waals surface area contributed by atoms with Crippen LogP contribution in [0.4, 0.5) is 11.4 Å². The molecule has 0 aromatic heterocycles. The fourth-order valence-corrected chi connectivity index (χ4v) is 4.35. The van der Waals surface area contributed by atoms with Gasteiger partial charge in [0.15, 0.2) is 5.78 Å². The van der Waals surface area contributed by atoms with E-state index in [1.54, 1.807) is 17.0 Å². The van der Waals surface area contributed by atoms with Gasteiger partial charge in [-0.05, 0) is 74.2 Å². The van der Waals surface area contributed by atoms with Crippen LogP contribution in [0.5, 0.6) is 0 Å². The zero-order chi connectivity index (χ0) is 26.1. The van der Waals surface area contributed by atoms with Gasteiger partial charge in [-0.2, -0.15) is 0 Å². The predicted molar refractivity (Wildman–Crippen MR) is 138 cm³/mol. The molecule has 1 aliphatic carbocycles. The fraction of sp³-hybridized carbons (Fsp3) is 0.345. The number of aliphatic carboxylic acids is 2. The van der Waals surface area contributed by atoms with Crippen LogP contribution in [0, 0.1) is 0 Å². The summed E-state index contributed by atoms with van der Waals surface area (Å²) in [6, 6.07) is 15.5. The molecule has 38 heavy (non-hydrogen) atoms. The first-order valence-electron chi connectivity index (χ1n) is 12.4. The van der Waals surface area contributed by atoms with Gasteiger partial charge in [0.05, 0.1) is 0 Å². The number of carbonyl (C=O) groups is 3. The maximum atomic E-state index is 13.0. The Morgan fingerprint density at radius 1 is 0.711 bits per heavy atom. The Kier molecular flexibility index (Phi) is 15.2. The third kappa shape index (κ3) is 10.0. The molecule has 0 heterocycles. The van der Waals surface area contributed by atoms with Gasteiger partial charge in [-0.1, -0.05) is 24.3 Å². The van der Waals surface area contributed by atoms with E-state index in [4.69, 9.17) is 0 Å². The Morgan fingerprint density at radius 2 is 1.08 bits per heavy atom. The van der Waals surface area contributed by atoms with E-state index in [0.29, 0.717) is 18.5 Å². The fourth-order valence-electron chi connectivity index (χ4n) is 4.35. The maximum absolute atomic E-state index is 13.0. The Labute approximate surface area is 269 Å². The number of hydrogen-bond acceptors (Lipinski definition) is 7. The van der Waals surface area contributed by atoms with Gasteiger partial charge in [-0.25, -0.2) is 0 Å². The number of carbonyl (C=O) groups excluding carboxylic acids is 3. The minimum Gasteiger partial charge on any atom is -0.550 e. The predicted octanol–water partition coefficient (Wildman–Crippen LogP) is -3.54. The van der Waals surface area contributed by atoms with E-state index < -0.39 is 11.9 Å². The van der Waals surface area contributed by atoms with Crippen molar-refractivity contribution in [3.05, 3.63) is 70.8 Å². The van der Waals surface area contributed by atoms with E-state index in [2.05, 4.69) is 30.9 Å². The number of Topliss-reactive ketones (excluding diaryl/α,β-unsaturated/α-hetero) is 1. The van der Waals surface area contributed by atoms with Gasteiger partial charge in [-0.15, -0.1) is 0 Å². The zero-order valence-corrected chi connectivity index (χ0v) is 26.9. The molecule has 1 saturated carbocycles. The second kappa shape index (κ2) is 17.0. The number of ketones is 1. The minimum absolute atomic E-state index is 0. The average Bonchev–Trinajstić information content (AvgIpc) is 3.20. The number of benzene rings is 2. The van der Waals surface area contributed by atoms with Crippen molar-refractivity contribution in [1.29, 1.82) is 0 Å². The molecule has 7 nitrogen and oxygen atoms in total. The monoisotopic (exact) mass is 534 g/mol. The molecular weight excluding hydrogens is 502 g/mol. The zero-order valence-electron chi connectivity index (χ0n) is 22.9. The van der Waals surface area contributed by atoms with Gasteiger partial charge >= 0.3 is 59.1 Å². The van der Waals surface area contributed by atoms with Crippen molar-refractivity contribution < 1.29 is 83.7 Å². The molecule has 0 radical (unpaired) electrons. The third-order valence-electron chi connectivity index (χ3n) is 6.38. The summed E-state index contributed by atoms with van der Waals surface area (Å²) in [5.74, 6) is -2.34. The van der Waals surface area contributed by atoms with E-state index in [0.717, 1.165) is 35.4 Å². The topological polar surface area (TPSA) is 104 Å². The number of anilines is 2.